The molecule has 2 N–H and O–H groups in total. The molecule has 1 atom stereocenters. The number of pyridine rings is 1. The third kappa shape index (κ3) is 5.68. The second-order valence-electron chi connectivity index (χ2n) is 8.89. The van der Waals surface area contributed by atoms with Crippen molar-refractivity contribution in [3.63, 3.8) is 0 Å². The maximum atomic E-state index is 13.2. The summed E-state index contributed by atoms with van der Waals surface area (Å²) in [5.74, 6) is -0.0955. The highest BCUT2D eigenvalue weighted by Gasteiger charge is 2.22. The van der Waals surface area contributed by atoms with Crippen molar-refractivity contribution < 1.29 is 19.1 Å². The number of hydrogen-bond acceptors (Lipinski definition) is 5. The number of carbonyl (C=O) groups excluding carboxylic acids is 2. The van der Waals surface area contributed by atoms with Crippen LogP contribution in [-0.2, 0) is 33.7 Å². The molecule has 1 unspecified atom stereocenters. The van der Waals surface area contributed by atoms with Gasteiger partial charge in [0.2, 0.25) is 5.91 Å². The zero-order valence-corrected chi connectivity index (χ0v) is 21.8. The molecule has 37 heavy (non-hydrogen) atoms. The van der Waals surface area contributed by atoms with E-state index in [9.17, 15) is 9.59 Å². The second-order valence-corrected chi connectivity index (χ2v) is 8.89. The number of carbonyl (C=O) groups is 2. The molecule has 0 bridgehead atoms. The molecule has 3 aromatic rings. The number of allylic oxidation sites excluding steroid dienone is 1. The van der Waals surface area contributed by atoms with E-state index in [1.807, 2.05) is 27.8 Å². The number of rotatable bonds is 10. The molecular formula is C28H35N5O4. The van der Waals surface area contributed by atoms with Gasteiger partial charge in [0.25, 0.3) is 5.91 Å². The van der Waals surface area contributed by atoms with Crippen LogP contribution in [-0.4, -0.2) is 77.8 Å². The number of morpholine rings is 1. The lowest BCUT2D eigenvalue weighted by Gasteiger charge is -2.27. The lowest BCUT2D eigenvalue weighted by atomic mass is 10.0. The van der Waals surface area contributed by atoms with Gasteiger partial charge in [-0.05, 0) is 24.1 Å². The summed E-state index contributed by atoms with van der Waals surface area (Å²) < 4.78 is 12.8. The summed E-state index contributed by atoms with van der Waals surface area (Å²) in [6, 6.07) is 3.68. The van der Waals surface area contributed by atoms with Crippen LogP contribution in [0.3, 0.4) is 0 Å². The van der Waals surface area contributed by atoms with Gasteiger partial charge in [-0.3, -0.25) is 9.59 Å². The van der Waals surface area contributed by atoms with Crippen LogP contribution in [0.2, 0.25) is 0 Å². The normalized spacial score (nSPS) is 14.8. The third-order valence-corrected chi connectivity index (χ3v) is 6.76. The molecule has 2 amide bonds. The number of amides is 2. The van der Waals surface area contributed by atoms with Gasteiger partial charge in [-0.1, -0.05) is 25.2 Å². The topological polar surface area (TPSA) is 101 Å². The minimum absolute atomic E-state index is 0.0683. The maximum absolute atomic E-state index is 13.2. The molecule has 1 saturated heterocycles. The first-order valence-corrected chi connectivity index (χ1v) is 12.6. The van der Waals surface area contributed by atoms with E-state index in [-0.39, 0.29) is 24.5 Å². The number of fused-ring (bicyclic) bond motifs is 1. The van der Waals surface area contributed by atoms with Crippen molar-refractivity contribution in [3.05, 3.63) is 66.2 Å². The highest BCUT2D eigenvalue weighted by atomic mass is 16.5. The first-order valence-electron chi connectivity index (χ1n) is 12.6. The van der Waals surface area contributed by atoms with Gasteiger partial charge in [0.15, 0.2) is 0 Å². The van der Waals surface area contributed by atoms with Crippen molar-refractivity contribution in [2.24, 2.45) is 0 Å². The summed E-state index contributed by atoms with van der Waals surface area (Å²) in [6.07, 6.45) is 10.7. The van der Waals surface area contributed by atoms with E-state index in [1.165, 1.54) is 0 Å². The molecule has 196 valence electrons. The van der Waals surface area contributed by atoms with E-state index in [0.29, 0.717) is 43.9 Å². The maximum Gasteiger partial charge on any atom is 0.251 e. The van der Waals surface area contributed by atoms with E-state index in [4.69, 9.17) is 9.47 Å². The Morgan fingerprint density at radius 1 is 1.35 bits per heavy atom. The SMILES string of the molecule is C=CC(/C=C\Cc1c(CC)c(-c2cc3c(C(=O)NC)ccnc3[nH]2)cn1CC(=O)N1CCOCC1)OC. The lowest BCUT2D eigenvalue weighted by Crippen LogP contribution is -2.42. The van der Waals surface area contributed by atoms with Crippen molar-refractivity contribution in [3.8, 4) is 11.3 Å². The first-order chi connectivity index (χ1) is 18.0. The van der Waals surface area contributed by atoms with Crippen molar-refractivity contribution in [2.45, 2.75) is 32.4 Å². The molecule has 9 heteroatoms. The van der Waals surface area contributed by atoms with Gasteiger partial charge in [-0.25, -0.2) is 4.98 Å². The van der Waals surface area contributed by atoms with Gasteiger partial charge in [0.05, 0.1) is 24.9 Å². The van der Waals surface area contributed by atoms with Crippen molar-refractivity contribution in [2.75, 3.05) is 40.5 Å². The summed E-state index contributed by atoms with van der Waals surface area (Å²) in [4.78, 5) is 35.3. The van der Waals surface area contributed by atoms with Crippen LogP contribution in [0.1, 0.15) is 28.5 Å². The molecule has 0 aliphatic carbocycles. The zero-order valence-electron chi connectivity index (χ0n) is 21.8. The molecule has 1 aliphatic rings. The van der Waals surface area contributed by atoms with Gasteiger partial charge in [-0.15, -0.1) is 6.58 Å². The zero-order chi connectivity index (χ0) is 26.4. The highest BCUT2D eigenvalue weighted by molar-refractivity contribution is 6.06. The molecule has 1 aliphatic heterocycles. The summed E-state index contributed by atoms with van der Waals surface area (Å²) in [5, 5.41) is 3.45. The number of nitrogens with zero attached hydrogens (tertiary/aromatic N) is 3. The molecule has 9 nitrogen and oxygen atoms in total. The Morgan fingerprint density at radius 3 is 2.81 bits per heavy atom. The van der Waals surface area contributed by atoms with Gasteiger partial charge < -0.3 is 29.2 Å². The molecule has 0 saturated carbocycles. The summed E-state index contributed by atoms with van der Waals surface area (Å²) in [5.41, 5.74) is 5.26. The number of aromatic amines is 1. The molecule has 0 spiro atoms. The number of hydrogen-bond donors (Lipinski definition) is 2. The van der Waals surface area contributed by atoms with E-state index in [0.717, 1.165) is 34.3 Å². The fraction of sp³-hybridized carbons (Fsp3) is 0.393. The highest BCUT2D eigenvalue weighted by Crippen LogP contribution is 2.32. The Balaban J connectivity index is 1.76. The van der Waals surface area contributed by atoms with Gasteiger partial charge in [-0.2, -0.15) is 0 Å². The van der Waals surface area contributed by atoms with Crippen LogP contribution in [0.4, 0.5) is 0 Å². The largest absolute Gasteiger partial charge is 0.378 e. The Kier molecular flexibility index (Phi) is 8.58. The summed E-state index contributed by atoms with van der Waals surface area (Å²) in [7, 11) is 3.26. The quantitative estimate of drug-likeness (QED) is 0.413. The molecule has 4 rings (SSSR count). The van der Waals surface area contributed by atoms with Gasteiger partial charge in [0, 0.05) is 68.4 Å². The fourth-order valence-corrected chi connectivity index (χ4v) is 4.78. The van der Waals surface area contributed by atoms with Crippen molar-refractivity contribution in [1.29, 1.82) is 0 Å². The van der Waals surface area contributed by atoms with Crippen LogP contribution in [0, 0.1) is 0 Å². The molecule has 3 aromatic heterocycles. The number of ether oxygens (including phenoxy) is 2. The average Bonchev–Trinajstić information content (AvgIpc) is 3.52. The number of H-pyrrole nitrogens is 1. The number of aromatic nitrogens is 3. The molecular weight excluding hydrogens is 470 g/mol. The fourth-order valence-electron chi connectivity index (χ4n) is 4.78. The van der Waals surface area contributed by atoms with E-state index < -0.39 is 0 Å². The van der Waals surface area contributed by atoms with Gasteiger partial charge >= 0.3 is 0 Å². The van der Waals surface area contributed by atoms with E-state index in [2.05, 4.69) is 34.9 Å². The van der Waals surface area contributed by atoms with E-state index in [1.54, 1.807) is 32.5 Å². The van der Waals surface area contributed by atoms with Crippen LogP contribution in [0.15, 0.2) is 49.3 Å². The number of nitrogens with one attached hydrogen (secondary N) is 2. The Hall–Kier alpha value is -3.69. The van der Waals surface area contributed by atoms with Gasteiger partial charge in [0.1, 0.15) is 12.2 Å². The average molecular weight is 506 g/mol. The van der Waals surface area contributed by atoms with Crippen molar-refractivity contribution in [1.82, 2.24) is 24.8 Å². The summed E-state index contributed by atoms with van der Waals surface area (Å²) >= 11 is 0. The third-order valence-electron chi connectivity index (χ3n) is 6.76. The Bertz CT molecular complexity index is 1300. The predicted octanol–water partition coefficient (Wildman–Crippen LogP) is 3.11. The standard InChI is InChI=1S/C28H35N5O4/c1-5-19(36-4)8-7-9-25-20(6-2)23(17-33(25)18-26(34)32-12-14-37-15-13-32)24-16-22-21(28(35)29-3)10-11-30-27(22)31-24/h5,7-8,10-11,16-17,19H,1,6,9,12-15,18H2,2-4H3,(H,29,35)(H,30,31)/b8-7-. The number of methoxy groups -OCH3 is 1. The lowest BCUT2D eigenvalue weighted by molar-refractivity contribution is -0.135. The monoisotopic (exact) mass is 505 g/mol. The van der Waals surface area contributed by atoms with Crippen molar-refractivity contribution >= 4 is 22.8 Å². The minimum Gasteiger partial charge on any atom is -0.378 e. The van der Waals surface area contributed by atoms with Crippen LogP contribution in [0.25, 0.3) is 22.3 Å². The smallest absolute Gasteiger partial charge is 0.251 e. The molecule has 1 fully saturated rings. The molecule has 4 heterocycles. The molecule has 0 aromatic carbocycles. The molecule has 0 radical (unpaired) electrons. The first kappa shape index (κ1) is 26.4. The summed E-state index contributed by atoms with van der Waals surface area (Å²) in [6.45, 7) is 8.50. The van der Waals surface area contributed by atoms with Crippen LogP contribution in [0.5, 0.6) is 0 Å². The van der Waals surface area contributed by atoms with Crippen LogP contribution >= 0.6 is 0 Å². The second kappa shape index (κ2) is 12.0. The Labute approximate surface area is 217 Å². The van der Waals surface area contributed by atoms with Crippen LogP contribution < -0.4 is 5.32 Å². The van der Waals surface area contributed by atoms with E-state index >= 15 is 0 Å². The Morgan fingerprint density at radius 2 is 2.14 bits per heavy atom. The predicted molar refractivity (Wildman–Crippen MR) is 144 cm³/mol. The minimum atomic E-state index is -0.175.